The number of aliphatic hydroxyl groups excluding tert-OH is 1. The van der Waals surface area contributed by atoms with E-state index < -0.39 is 18.0 Å². The Bertz CT molecular complexity index is 603. The van der Waals surface area contributed by atoms with Crippen LogP contribution in [-0.4, -0.2) is 39.9 Å². The van der Waals surface area contributed by atoms with Crippen LogP contribution in [0.15, 0.2) is 25.3 Å². The number of ether oxygens (including phenoxy) is 2. The third kappa shape index (κ3) is 4.45. The van der Waals surface area contributed by atoms with Crippen molar-refractivity contribution in [2.45, 2.75) is 50.8 Å². The molecule has 24 heavy (non-hydrogen) atoms. The smallest absolute Gasteiger partial charge is 0.159 e. The molecule has 3 atom stereocenters. The first-order valence-electron chi connectivity index (χ1n) is 8.05. The fourth-order valence-corrected chi connectivity index (χ4v) is 2.97. The van der Waals surface area contributed by atoms with Gasteiger partial charge in [-0.3, -0.25) is 0 Å². The zero-order chi connectivity index (χ0) is 17.9. The lowest BCUT2D eigenvalue weighted by atomic mass is 9.90. The molecular weight excluding hydrogens is 308 g/mol. The summed E-state index contributed by atoms with van der Waals surface area (Å²) in [4.78, 5) is 0. The Hall–Kier alpha value is -1.66. The molecule has 1 aliphatic heterocycles. The highest BCUT2D eigenvalue weighted by Crippen LogP contribution is 2.40. The van der Waals surface area contributed by atoms with Crippen LogP contribution in [0.5, 0.6) is 5.75 Å². The van der Waals surface area contributed by atoms with Crippen LogP contribution in [-0.2, 0) is 9.47 Å². The largest absolute Gasteiger partial charge is 0.508 e. The third-order valence-corrected chi connectivity index (χ3v) is 4.04. The average Bonchev–Trinajstić information content (AvgIpc) is 2.51. The van der Waals surface area contributed by atoms with Gasteiger partial charge in [0.25, 0.3) is 0 Å². The van der Waals surface area contributed by atoms with Crippen molar-refractivity contribution in [1.82, 2.24) is 0 Å². The molecule has 0 bridgehead atoms. The lowest BCUT2D eigenvalue weighted by Gasteiger charge is -2.35. The molecule has 3 N–H and O–H groups in total. The molecule has 5 nitrogen and oxygen atoms in total. The van der Waals surface area contributed by atoms with Crippen LogP contribution < -0.4 is 0 Å². The number of hydrogen-bond acceptors (Lipinski definition) is 5. The van der Waals surface area contributed by atoms with Gasteiger partial charge in [-0.15, -0.1) is 0 Å². The van der Waals surface area contributed by atoms with E-state index in [-0.39, 0.29) is 18.5 Å². The highest BCUT2D eigenvalue weighted by Gasteiger charge is 2.33. The van der Waals surface area contributed by atoms with E-state index in [2.05, 4.69) is 13.2 Å². The van der Waals surface area contributed by atoms with Crippen molar-refractivity contribution < 1.29 is 24.8 Å². The first-order valence-corrected chi connectivity index (χ1v) is 8.05. The summed E-state index contributed by atoms with van der Waals surface area (Å²) in [7, 11) is 0. The molecule has 0 radical (unpaired) electrons. The fourth-order valence-electron chi connectivity index (χ4n) is 2.97. The number of aromatic hydroxyl groups is 1. The first kappa shape index (κ1) is 18.7. The number of benzene rings is 1. The molecule has 1 fully saturated rings. The molecule has 0 aromatic heterocycles. The van der Waals surface area contributed by atoms with Gasteiger partial charge in [0.15, 0.2) is 5.79 Å². The zero-order valence-electron chi connectivity index (χ0n) is 14.2. The van der Waals surface area contributed by atoms with Gasteiger partial charge in [0.05, 0.1) is 24.9 Å². The maximum Gasteiger partial charge on any atom is 0.159 e. The van der Waals surface area contributed by atoms with Crippen molar-refractivity contribution >= 4 is 12.2 Å². The second kappa shape index (κ2) is 7.49. The second-order valence-electron chi connectivity index (χ2n) is 6.54. The molecule has 1 aliphatic rings. The first-order chi connectivity index (χ1) is 11.2. The minimum atomic E-state index is -1.27. The van der Waals surface area contributed by atoms with Gasteiger partial charge >= 0.3 is 0 Å². The summed E-state index contributed by atoms with van der Waals surface area (Å²) < 4.78 is 11.4. The second-order valence-corrected chi connectivity index (χ2v) is 6.54. The average molecular weight is 334 g/mol. The highest BCUT2D eigenvalue weighted by molar-refractivity contribution is 5.69. The molecule has 2 rings (SSSR count). The van der Waals surface area contributed by atoms with E-state index in [9.17, 15) is 15.3 Å². The van der Waals surface area contributed by atoms with Gasteiger partial charge in [-0.2, -0.15) is 0 Å². The molecule has 132 valence electrons. The van der Waals surface area contributed by atoms with E-state index in [1.807, 2.05) is 0 Å². The number of phenols is 1. The van der Waals surface area contributed by atoms with Gasteiger partial charge < -0.3 is 24.8 Å². The van der Waals surface area contributed by atoms with Crippen LogP contribution in [0, 0.1) is 0 Å². The molecule has 0 spiro atoms. The Balaban J connectivity index is 2.27. The lowest BCUT2D eigenvalue weighted by Crippen LogP contribution is -2.37. The van der Waals surface area contributed by atoms with Gasteiger partial charge in [0.1, 0.15) is 5.75 Å². The standard InChI is InChI=1S/C19H26O5/c1-5-12-7-8-16(21)18(15(12)6-2)17-10-13(20)9-14(24-17)11-23-19(3,4)22/h5-8,13-14,17,20-22H,1-2,9-11H2,3-4H3. The van der Waals surface area contributed by atoms with Gasteiger partial charge in [0, 0.05) is 18.4 Å². The maximum absolute atomic E-state index is 10.3. The van der Waals surface area contributed by atoms with Gasteiger partial charge in [-0.25, -0.2) is 0 Å². The minimum Gasteiger partial charge on any atom is -0.508 e. The molecule has 3 unspecified atom stereocenters. The Kier molecular flexibility index (Phi) is 5.83. The van der Waals surface area contributed by atoms with Gasteiger partial charge in [0.2, 0.25) is 0 Å². The van der Waals surface area contributed by atoms with Crippen molar-refractivity contribution in [3.05, 3.63) is 42.0 Å². The summed E-state index contributed by atoms with van der Waals surface area (Å²) in [5.41, 5.74) is 2.17. The van der Waals surface area contributed by atoms with Crippen molar-refractivity contribution in [2.24, 2.45) is 0 Å². The van der Waals surface area contributed by atoms with E-state index in [0.29, 0.717) is 18.4 Å². The normalized spacial score (nSPS) is 24.6. The Morgan fingerprint density at radius 1 is 1.29 bits per heavy atom. The summed E-state index contributed by atoms with van der Waals surface area (Å²) in [5.74, 6) is -1.17. The molecule has 0 saturated carbocycles. The molecule has 5 heteroatoms. The molecule has 1 aromatic rings. The van der Waals surface area contributed by atoms with Crippen molar-refractivity contribution in [3.63, 3.8) is 0 Å². The predicted octanol–water partition coefficient (Wildman–Crippen LogP) is 3.00. The van der Waals surface area contributed by atoms with Crippen LogP contribution in [0.4, 0.5) is 0 Å². The molecule has 0 aliphatic carbocycles. The van der Waals surface area contributed by atoms with E-state index >= 15 is 0 Å². The quantitative estimate of drug-likeness (QED) is 0.697. The third-order valence-electron chi connectivity index (χ3n) is 4.04. The molecule has 1 saturated heterocycles. The van der Waals surface area contributed by atoms with Gasteiger partial charge in [-0.1, -0.05) is 31.4 Å². The molecule has 1 aromatic carbocycles. The van der Waals surface area contributed by atoms with Crippen LogP contribution in [0.3, 0.4) is 0 Å². The number of phenolic OH excluding ortho intramolecular Hbond substituents is 1. The van der Waals surface area contributed by atoms with Crippen LogP contribution in [0.2, 0.25) is 0 Å². The number of hydrogen-bond donors (Lipinski definition) is 3. The molecule has 0 amide bonds. The summed E-state index contributed by atoms with van der Waals surface area (Å²) in [6.45, 7) is 10.8. The predicted molar refractivity (Wildman–Crippen MR) is 93.4 cm³/mol. The van der Waals surface area contributed by atoms with Crippen LogP contribution >= 0.6 is 0 Å². The Morgan fingerprint density at radius 3 is 2.58 bits per heavy atom. The lowest BCUT2D eigenvalue weighted by molar-refractivity contribution is -0.211. The summed E-state index contributed by atoms with van der Waals surface area (Å²) in [5, 5.41) is 30.2. The minimum absolute atomic E-state index is 0.0942. The van der Waals surface area contributed by atoms with E-state index in [0.717, 1.165) is 11.1 Å². The van der Waals surface area contributed by atoms with Crippen LogP contribution in [0.1, 0.15) is 49.5 Å². The maximum atomic E-state index is 10.3. The summed E-state index contributed by atoms with van der Waals surface area (Å²) >= 11 is 0. The Morgan fingerprint density at radius 2 is 2.00 bits per heavy atom. The molecular formula is C19H26O5. The van der Waals surface area contributed by atoms with Crippen molar-refractivity contribution in [3.8, 4) is 5.75 Å². The van der Waals surface area contributed by atoms with Crippen LogP contribution in [0.25, 0.3) is 12.2 Å². The summed E-state index contributed by atoms with van der Waals surface area (Å²) in [6.07, 6.45) is 2.67. The van der Waals surface area contributed by atoms with Crippen molar-refractivity contribution in [1.29, 1.82) is 0 Å². The SMILES string of the molecule is C=Cc1ccc(O)c(C2CC(O)CC(COC(C)(C)O)O2)c1C=C. The summed E-state index contributed by atoms with van der Waals surface area (Å²) in [6, 6.07) is 3.35. The van der Waals surface area contributed by atoms with E-state index in [4.69, 9.17) is 9.47 Å². The van der Waals surface area contributed by atoms with Crippen molar-refractivity contribution in [2.75, 3.05) is 6.61 Å². The van der Waals surface area contributed by atoms with Gasteiger partial charge in [-0.05, 0) is 31.0 Å². The van der Waals surface area contributed by atoms with E-state index in [1.54, 1.807) is 38.1 Å². The topological polar surface area (TPSA) is 79.2 Å². The zero-order valence-corrected chi connectivity index (χ0v) is 14.2. The molecule has 1 heterocycles. The fraction of sp³-hybridized carbons (Fsp3) is 0.474. The number of rotatable bonds is 6. The monoisotopic (exact) mass is 334 g/mol. The highest BCUT2D eigenvalue weighted by atomic mass is 16.6. The number of aliphatic hydroxyl groups is 2. The Labute approximate surface area is 142 Å². The van der Waals surface area contributed by atoms with E-state index in [1.165, 1.54) is 0 Å².